The molecule has 2 rings (SSSR count). The Bertz CT molecular complexity index is 411. The van der Waals surface area contributed by atoms with E-state index in [0.29, 0.717) is 6.54 Å². The summed E-state index contributed by atoms with van der Waals surface area (Å²) in [6, 6.07) is 9.54. The Labute approximate surface area is 120 Å². The maximum absolute atomic E-state index is 12.0. The molecule has 5 nitrogen and oxygen atoms in total. The molecule has 110 valence electrons. The smallest absolute Gasteiger partial charge is 0.238 e. The van der Waals surface area contributed by atoms with Gasteiger partial charge in [0.1, 0.15) is 0 Å². The number of aliphatic hydroxyl groups excluding tert-OH is 1. The summed E-state index contributed by atoms with van der Waals surface area (Å²) in [5.74, 6) is 0.0341. The summed E-state index contributed by atoms with van der Waals surface area (Å²) in [6.07, 6.45) is 1.04. The first kappa shape index (κ1) is 15.0. The van der Waals surface area contributed by atoms with E-state index < -0.39 is 0 Å². The van der Waals surface area contributed by atoms with Crippen molar-refractivity contribution in [3.05, 3.63) is 30.3 Å². The molecule has 0 radical (unpaired) electrons. The Balaban J connectivity index is 1.77. The molecule has 1 fully saturated rings. The molecule has 1 aliphatic rings. The largest absolute Gasteiger partial charge is 0.395 e. The van der Waals surface area contributed by atoms with Gasteiger partial charge in [-0.05, 0) is 31.6 Å². The number of hydrogen-bond donors (Lipinski definition) is 2. The van der Waals surface area contributed by atoms with Gasteiger partial charge in [-0.15, -0.1) is 0 Å². The maximum Gasteiger partial charge on any atom is 0.238 e. The molecular formula is C15H23N3O2. The highest BCUT2D eigenvalue weighted by Gasteiger charge is 2.16. The van der Waals surface area contributed by atoms with Gasteiger partial charge in [0.15, 0.2) is 0 Å². The Hall–Kier alpha value is -1.43. The van der Waals surface area contributed by atoms with E-state index >= 15 is 0 Å². The lowest BCUT2D eigenvalue weighted by Gasteiger charge is -2.20. The van der Waals surface area contributed by atoms with Crippen LogP contribution in [0.3, 0.4) is 0 Å². The summed E-state index contributed by atoms with van der Waals surface area (Å²) in [7, 11) is 0. The molecule has 1 aliphatic heterocycles. The van der Waals surface area contributed by atoms with Crippen molar-refractivity contribution >= 4 is 11.6 Å². The molecule has 0 aromatic heterocycles. The van der Waals surface area contributed by atoms with Gasteiger partial charge < -0.3 is 10.4 Å². The fourth-order valence-electron chi connectivity index (χ4n) is 2.47. The van der Waals surface area contributed by atoms with Gasteiger partial charge in [0.25, 0.3) is 0 Å². The van der Waals surface area contributed by atoms with Crippen molar-refractivity contribution in [3.63, 3.8) is 0 Å². The number of nitrogens with zero attached hydrogens (tertiary/aromatic N) is 2. The second-order valence-corrected chi connectivity index (χ2v) is 5.11. The molecule has 0 bridgehead atoms. The number of amides is 1. The van der Waals surface area contributed by atoms with E-state index in [1.165, 1.54) is 0 Å². The maximum atomic E-state index is 12.0. The first-order valence-electron chi connectivity index (χ1n) is 7.18. The van der Waals surface area contributed by atoms with Crippen LogP contribution < -0.4 is 5.32 Å². The van der Waals surface area contributed by atoms with E-state index in [9.17, 15) is 4.79 Å². The summed E-state index contributed by atoms with van der Waals surface area (Å²) >= 11 is 0. The van der Waals surface area contributed by atoms with Crippen LogP contribution in [0.5, 0.6) is 0 Å². The lowest BCUT2D eigenvalue weighted by Crippen LogP contribution is -2.36. The van der Waals surface area contributed by atoms with Gasteiger partial charge >= 0.3 is 0 Å². The SMILES string of the molecule is O=C(CN1CCCN(CCO)CC1)Nc1ccccc1. The van der Waals surface area contributed by atoms with E-state index in [1.807, 2.05) is 30.3 Å². The molecular weight excluding hydrogens is 254 g/mol. The molecule has 0 saturated carbocycles. The van der Waals surface area contributed by atoms with Gasteiger partial charge in [0, 0.05) is 25.3 Å². The summed E-state index contributed by atoms with van der Waals surface area (Å²) in [6.45, 7) is 5.09. The molecule has 20 heavy (non-hydrogen) atoms. The van der Waals surface area contributed by atoms with Gasteiger partial charge in [0.2, 0.25) is 5.91 Å². The van der Waals surface area contributed by atoms with Crippen LogP contribution in [0.1, 0.15) is 6.42 Å². The van der Waals surface area contributed by atoms with E-state index in [1.54, 1.807) is 0 Å². The molecule has 0 aliphatic carbocycles. The number of carbonyl (C=O) groups excluding carboxylic acids is 1. The molecule has 0 spiro atoms. The monoisotopic (exact) mass is 277 g/mol. The number of aliphatic hydroxyl groups is 1. The molecule has 1 heterocycles. The normalized spacial score (nSPS) is 17.6. The van der Waals surface area contributed by atoms with Crippen LogP contribution in [0.25, 0.3) is 0 Å². The van der Waals surface area contributed by atoms with Crippen LogP contribution in [-0.2, 0) is 4.79 Å². The molecule has 5 heteroatoms. The van der Waals surface area contributed by atoms with Crippen LogP contribution in [0.15, 0.2) is 30.3 Å². The fraction of sp³-hybridized carbons (Fsp3) is 0.533. The predicted molar refractivity (Wildman–Crippen MR) is 79.7 cm³/mol. The molecule has 0 atom stereocenters. The minimum atomic E-state index is 0.0341. The Morgan fingerprint density at radius 2 is 1.80 bits per heavy atom. The van der Waals surface area contributed by atoms with Crippen molar-refractivity contribution in [2.24, 2.45) is 0 Å². The van der Waals surface area contributed by atoms with Crippen molar-refractivity contribution in [1.29, 1.82) is 0 Å². The van der Waals surface area contributed by atoms with E-state index in [2.05, 4.69) is 15.1 Å². The van der Waals surface area contributed by atoms with Crippen LogP contribution in [0.4, 0.5) is 5.69 Å². The summed E-state index contributed by atoms with van der Waals surface area (Å²) in [5.41, 5.74) is 0.842. The van der Waals surface area contributed by atoms with Gasteiger partial charge in [-0.25, -0.2) is 0 Å². The van der Waals surface area contributed by atoms with Crippen molar-refractivity contribution in [1.82, 2.24) is 9.80 Å². The number of anilines is 1. The highest BCUT2D eigenvalue weighted by molar-refractivity contribution is 5.92. The van der Waals surface area contributed by atoms with E-state index in [4.69, 9.17) is 5.11 Å². The highest BCUT2D eigenvalue weighted by atomic mass is 16.3. The molecule has 1 amide bonds. The van der Waals surface area contributed by atoms with Crippen molar-refractivity contribution in [2.45, 2.75) is 6.42 Å². The average Bonchev–Trinajstić information content (AvgIpc) is 2.66. The lowest BCUT2D eigenvalue weighted by atomic mass is 10.3. The third kappa shape index (κ3) is 4.92. The minimum absolute atomic E-state index is 0.0341. The number of hydrogen-bond acceptors (Lipinski definition) is 4. The van der Waals surface area contributed by atoms with Crippen LogP contribution in [0, 0.1) is 0 Å². The van der Waals surface area contributed by atoms with Crippen LogP contribution in [0.2, 0.25) is 0 Å². The van der Waals surface area contributed by atoms with Crippen molar-refractivity contribution in [2.75, 3.05) is 51.2 Å². The standard InChI is InChI=1S/C15H23N3O2/c19-12-11-17-7-4-8-18(10-9-17)13-15(20)16-14-5-2-1-3-6-14/h1-3,5-6,19H,4,7-13H2,(H,16,20). The molecule has 0 unspecified atom stereocenters. The third-order valence-corrected chi connectivity index (χ3v) is 3.52. The lowest BCUT2D eigenvalue weighted by molar-refractivity contribution is -0.117. The summed E-state index contributed by atoms with van der Waals surface area (Å²) in [4.78, 5) is 16.4. The van der Waals surface area contributed by atoms with Gasteiger partial charge in [-0.2, -0.15) is 0 Å². The second-order valence-electron chi connectivity index (χ2n) is 5.11. The first-order valence-corrected chi connectivity index (χ1v) is 7.18. The number of nitrogens with one attached hydrogen (secondary N) is 1. The van der Waals surface area contributed by atoms with Crippen LogP contribution >= 0.6 is 0 Å². The minimum Gasteiger partial charge on any atom is -0.395 e. The highest BCUT2D eigenvalue weighted by Crippen LogP contribution is 2.06. The number of benzene rings is 1. The number of rotatable bonds is 5. The van der Waals surface area contributed by atoms with E-state index in [-0.39, 0.29) is 12.5 Å². The Morgan fingerprint density at radius 1 is 1.10 bits per heavy atom. The van der Waals surface area contributed by atoms with Crippen molar-refractivity contribution < 1.29 is 9.90 Å². The zero-order valence-electron chi connectivity index (χ0n) is 11.8. The number of para-hydroxylation sites is 1. The van der Waals surface area contributed by atoms with Gasteiger partial charge in [-0.3, -0.25) is 14.6 Å². The third-order valence-electron chi connectivity index (χ3n) is 3.52. The summed E-state index contributed by atoms with van der Waals surface area (Å²) in [5, 5.41) is 11.9. The number of carbonyl (C=O) groups is 1. The predicted octanol–water partition coefficient (Wildman–Crippen LogP) is 0.625. The zero-order valence-corrected chi connectivity index (χ0v) is 11.8. The number of β-amino-alcohol motifs (C(OH)–C–C–N with tert-alkyl or cyclic N) is 1. The van der Waals surface area contributed by atoms with E-state index in [0.717, 1.165) is 44.8 Å². The van der Waals surface area contributed by atoms with Gasteiger partial charge in [0.05, 0.1) is 13.2 Å². The summed E-state index contributed by atoms with van der Waals surface area (Å²) < 4.78 is 0. The van der Waals surface area contributed by atoms with Crippen LogP contribution in [-0.4, -0.2) is 66.7 Å². The molecule has 1 aromatic rings. The first-order chi connectivity index (χ1) is 9.78. The zero-order chi connectivity index (χ0) is 14.2. The quantitative estimate of drug-likeness (QED) is 0.829. The topological polar surface area (TPSA) is 55.8 Å². The Kier molecular flexibility index (Phi) is 5.98. The van der Waals surface area contributed by atoms with Gasteiger partial charge in [-0.1, -0.05) is 18.2 Å². The molecule has 2 N–H and O–H groups in total. The molecule has 1 saturated heterocycles. The van der Waals surface area contributed by atoms with Crippen molar-refractivity contribution in [3.8, 4) is 0 Å². The fourth-order valence-corrected chi connectivity index (χ4v) is 2.47. The second kappa shape index (κ2) is 7.99. The average molecular weight is 277 g/mol. The Morgan fingerprint density at radius 3 is 2.55 bits per heavy atom. The molecule has 1 aromatic carbocycles.